The molecule has 1 saturated heterocycles. The molecule has 0 aliphatic carbocycles. The van der Waals surface area contributed by atoms with Crippen molar-refractivity contribution in [2.45, 2.75) is 45.3 Å². The summed E-state index contributed by atoms with van der Waals surface area (Å²) in [7, 11) is 0. The average molecular weight is 347 g/mol. The predicted molar refractivity (Wildman–Crippen MR) is 94.9 cm³/mol. The zero-order valence-corrected chi connectivity index (χ0v) is 14.7. The molecule has 1 aliphatic heterocycles. The Hall–Kier alpha value is -2.41. The second-order valence-corrected chi connectivity index (χ2v) is 7.60. The summed E-state index contributed by atoms with van der Waals surface area (Å²) in [6, 6.07) is 2.73. The van der Waals surface area contributed by atoms with Gasteiger partial charge in [0.2, 0.25) is 5.43 Å². The second-order valence-electron chi connectivity index (χ2n) is 7.60. The first-order valence-corrected chi connectivity index (χ1v) is 8.17. The summed E-state index contributed by atoms with van der Waals surface area (Å²) in [6.45, 7) is 8.15. The minimum absolute atomic E-state index is 0.0000477. The van der Waals surface area contributed by atoms with Crippen molar-refractivity contribution >= 4 is 22.6 Å². The van der Waals surface area contributed by atoms with Gasteiger partial charge >= 0.3 is 5.97 Å². The lowest BCUT2D eigenvalue weighted by Crippen LogP contribution is -2.63. The quantitative estimate of drug-likeness (QED) is 0.869. The van der Waals surface area contributed by atoms with E-state index in [1.807, 2.05) is 32.6 Å². The molecule has 134 valence electrons. The SMILES string of the molecule is C[C@@H]1[C@@H](N)CN1c1cc2c(cc1F)c(=O)c(C(=O)O)cn2C(C)(C)C. The molecule has 0 unspecified atom stereocenters. The number of aromatic carboxylic acids is 1. The molecule has 0 spiro atoms. The molecule has 1 aromatic heterocycles. The summed E-state index contributed by atoms with van der Waals surface area (Å²) in [4.78, 5) is 25.7. The number of halogens is 1. The van der Waals surface area contributed by atoms with Crippen molar-refractivity contribution in [2.24, 2.45) is 5.73 Å². The van der Waals surface area contributed by atoms with E-state index in [4.69, 9.17) is 5.73 Å². The van der Waals surface area contributed by atoms with E-state index in [0.717, 1.165) is 6.07 Å². The third kappa shape index (κ3) is 2.68. The summed E-state index contributed by atoms with van der Waals surface area (Å²) in [5.74, 6) is -1.87. The van der Waals surface area contributed by atoms with Crippen LogP contribution in [0.15, 0.2) is 23.1 Å². The van der Waals surface area contributed by atoms with Crippen molar-refractivity contribution in [1.82, 2.24) is 4.57 Å². The van der Waals surface area contributed by atoms with Crippen molar-refractivity contribution in [3.8, 4) is 0 Å². The number of anilines is 1. The van der Waals surface area contributed by atoms with Gasteiger partial charge in [-0.1, -0.05) is 0 Å². The number of nitrogens with zero attached hydrogens (tertiary/aromatic N) is 2. The number of nitrogens with two attached hydrogens (primary N) is 1. The predicted octanol–water partition coefficient (Wildman–Crippen LogP) is 2.13. The van der Waals surface area contributed by atoms with Gasteiger partial charge < -0.3 is 20.3 Å². The number of pyridine rings is 1. The molecule has 0 amide bonds. The Balaban J connectivity index is 2.34. The van der Waals surface area contributed by atoms with Gasteiger partial charge in [0.15, 0.2) is 0 Å². The van der Waals surface area contributed by atoms with Gasteiger partial charge in [-0.2, -0.15) is 0 Å². The topological polar surface area (TPSA) is 88.6 Å². The highest BCUT2D eigenvalue weighted by Crippen LogP contribution is 2.32. The standard InChI is InChI=1S/C18H22FN3O3/c1-9-13(20)8-21(9)15-6-14-10(5-12(15)19)16(23)11(17(24)25)7-22(14)18(2,3)4/h5-7,9,13H,8,20H2,1-4H3,(H,24,25)/t9-,13+/m1/s1. The van der Waals surface area contributed by atoms with Gasteiger partial charge in [0.25, 0.3) is 0 Å². The van der Waals surface area contributed by atoms with Crippen LogP contribution in [0.3, 0.4) is 0 Å². The van der Waals surface area contributed by atoms with E-state index in [9.17, 15) is 19.1 Å². The largest absolute Gasteiger partial charge is 0.477 e. The number of benzene rings is 1. The Bertz CT molecular complexity index is 930. The van der Waals surface area contributed by atoms with Crippen LogP contribution in [0.4, 0.5) is 10.1 Å². The summed E-state index contributed by atoms with van der Waals surface area (Å²) in [5, 5.41) is 9.37. The van der Waals surface area contributed by atoms with Gasteiger partial charge in [0, 0.05) is 35.8 Å². The fourth-order valence-corrected chi connectivity index (χ4v) is 3.22. The molecule has 0 radical (unpaired) electrons. The van der Waals surface area contributed by atoms with Gasteiger partial charge in [-0.25, -0.2) is 9.18 Å². The fourth-order valence-electron chi connectivity index (χ4n) is 3.22. The smallest absolute Gasteiger partial charge is 0.341 e. The highest BCUT2D eigenvalue weighted by Gasteiger charge is 2.34. The second kappa shape index (κ2) is 5.56. The minimum Gasteiger partial charge on any atom is -0.477 e. The van der Waals surface area contributed by atoms with Crippen LogP contribution in [0.2, 0.25) is 0 Å². The number of carbonyl (C=O) groups is 1. The van der Waals surface area contributed by atoms with Crippen molar-refractivity contribution in [2.75, 3.05) is 11.4 Å². The molecule has 1 aromatic carbocycles. The molecule has 2 heterocycles. The zero-order valence-electron chi connectivity index (χ0n) is 14.7. The highest BCUT2D eigenvalue weighted by atomic mass is 19.1. The highest BCUT2D eigenvalue weighted by molar-refractivity contribution is 5.93. The van der Waals surface area contributed by atoms with Crippen LogP contribution in [0.25, 0.3) is 10.9 Å². The minimum atomic E-state index is -1.32. The lowest BCUT2D eigenvalue weighted by molar-refractivity contribution is 0.0694. The first-order chi connectivity index (χ1) is 11.5. The van der Waals surface area contributed by atoms with E-state index in [0.29, 0.717) is 17.7 Å². The van der Waals surface area contributed by atoms with Crippen molar-refractivity contribution in [3.05, 3.63) is 39.9 Å². The van der Waals surface area contributed by atoms with Crippen molar-refractivity contribution < 1.29 is 14.3 Å². The molecule has 25 heavy (non-hydrogen) atoms. The van der Waals surface area contributed by atoms with Crippen molar-refractivity contribution in [3.63, 3.8) is 0 Å². The summed E-state index contributed by atoms with van der Waals surface area (Å²) < 4.78 is 16.4. The summed E-state index contributed by atoms with van der Waals surface area (Å²) in [6.07, 6.45) is 1.33. The molecule has 2 atom stereocenters. The number of aromatic nitrogens is 1. The lowest BCUT2D eigenvalue weighted by Gasteiger charge is -2.46. The number of carboxylic acids is 1. The van der Waals surface area contributed by atoms with Gasteiger partial charge in [-0.3, -0.25) is 4.79 Å². The fraction of sp³-hybridized carbons (Fsp3) is 0.444. The molecule has 0 bridgehead atoms. The molecule has 1 aliphatic rings. The molecule has 7 heteroatoms. The number of carboxylic acid groups (broad SMARTS) is 1. The number of fused-ring (bicyclic) bond motifs is 1. The Labute approximate surface area is 144 Å². The van der Waals surface area contributed by atoms with Crippen LogP contribution in [0, 0.1) is 5.82 Å². The van der Waals surface area contributed by atoms with Crippen molar-refractivity contribution in [1.29, 1.82) is 0 Å². The van der Waals surface area contributed by atoms with Crippen LogP contribution >= 0.6 is 0 Å². The number of rotatable bonds is 2. The lowest BCUT2D eigenvalue weighted by atomic mass is 9.97. The monoisotopic (exact) mass is 347 g/mol. The van der Waals surface area contributed by atoms with E-state index in [2.05, 4.69) is 0 Å². The average Bonchev–Trinajstić information content (AvgIpc) is 2.51. The number of hydrogen-bond donors (Lipinski definition) is 2. The Morgan fingerprint density at radius 2 is 2.00 bits per heavy atom. The van der Waals surface area contributed by atoms with Gasteiger partial charge in [-0.15, -0.1) is 0 Å². The molecule has 6 nitrogen and oxygen atoms in total. The molecular weight excluding hydrogens is 325 g/mol. The third-order valence-corrected chi connectivity index (χ3v) is 4.85. The molecule has 3 N–H and O–H groups in total. The van der Waals surface area contributed by atoms with E-state index in [1.54, 1.807) is 10.6 Å². The molecule has 1 fully saturated rings. The van der Waals surface area contributed by atoms with Crippen LogP contribution < -0.4 is 16.1 Å². The summed E-state index contributed by atoms with van der Waals surface area (Å²) in [5.41, 5.74) is 5.26. The molecule has 0 saturated carbocycles. The van der Waals surface area contributed by atoms with Crippen LogP contribution in [0.1, 0.15) is 38.1 Å². The Morgan fingerprint density at radius 3 is 2.48 bits per heavy atom. The van der Waals surface area contributed by atoms with Crippen LogP contribution in [0.5, 0.6) is 0 Å². The maximum absolute atomic E-state index is 14.7. The Kier molecular flexibility index (Phi) is 3.87. The van der Waals surface area contributed by atoms with E-state index in [1.165, 1.54) is 6.20 Å². The Morgan fingerprint density at radius 1 is 1.36 bits per heavy atom. The zero-order chi connectivity index (χ0) is 18.7. The first kappa shape index (κ1) is 17.4. The molecular formula is C18H22FN3O3. The molecule has 3 rings (SSSR count). The summed E-state index contributed by atoms with van der Waals surface area (Å²) >= 11 is 0. The third-order valence-electron chi connectivity index (χ3n) is 4.85. The van der Waals surface area contributed by atoms with Gasteiger partial charge in [-0.05, 0) is 39.8 Å². The first-order valence-electron chi connectivity index (χ1n) is 8.17. The normalized spacial score (nSPS) is 20.6. The van der Waals surface area contributed by atoms with Crippen LogP contribution in [-0.2, 0) is 5.54 Å². The van der Waals surface area contributed by atoms with Gasteiger partial charge in [0.05, 0.1) is 11.2 Å². The van der Waals surface area contributed by atoms with E-state index >= 15 is 0 Å². The number of hydrogen-bond acceptors (Lipinski definition) is 4. The van der Waals surface area contributed by atoms with Gasteiger partial charge in [0.1, 0.15) is 11.4 Å². The van der Waals surface area contributed by atoms with E-state index < -0.39 is 22.8 Å². The maximum atomic E-state index is 14.7. The van der Waals surface area contributed by atoms with E-state index in [-0.39, 0.29) is 23.0 Å². The molecule has 2 aromatic rings. The maximum Gasteiger partial charge on any atom is 0.341 e. The van der Waals surface area contributed by atoms with Crippen LogP contribution in [-0.4, -0.2) is 34.3 Å².